The molecule has 1 N–H and O–H groups in total. The van der Waals surface area contributed by atoms with Gasteiger partial charge in [0.15, 0.2) is 5.82 Å². The van der Waals surface area contributed by atoms with Crippen LogP contribution in [-0.2, 0) is 25.6 Å². The molecule has 8 heteroatoms. The van der Waals surface area contributed by atoms with Gasteiger partial charge in [-0.05, 0) is 50.9 Å². The molecule has 0 radical (unpaired) electrons. The Morgan fingerprint density at radius 3 is 2.63 bits per heavy atom. The lowest BCUT2D eigenvalue weighted by Gasteiger charge is -2.30. The van der Waals surface area contributed by atoms with Crippen molar-refractivity contribution in [3.05, 3.63) is 70.5 Å². The molecule has 30 heavy (non-hydrogen) atoms. The Morgan fingerprint density at radius 2 is 1.93 bits per heavy atom. The zero-order valence-electron chi connectivity index (χ0n) is 16.8. The topological polar surface area (TPSA) is 54.2 Å². The second-order valence-electron chi connectivity index (χ2n) is 7.81. The first-order valence-corrected chi connectivity index (χ1v) is 9.82. The van der Waals surface area contributed by atoms with Gasteiger partial charge in [-0.3, -0.25) is 4.90 Å². The average Bonchev–Trinajstić information content (AvgIpc) is 3.04. The van der Waals surface area contributed by atoms with Crippen LogP contribution in [0.15, 0.2) is 42.5 Å². The summed E-state index contributed by atoms with van der Waals surface area (Å²) >= 11 is 0. The number of hydrogen-bond acceptors (Lipinski definition) is 4. The van der Waals surface area contributed by atoms with Gasteiger partial charge in [-0.2, -0.15) is 23.0 Å². The summed E-state index contributed by atoms with van der Waals surface area (Å²) in [5.41, 5.74) is 2.01. The van der Waals surface area contributed by atoms with Crippen molar-refractivity contribution in [2.24, 2.45) is 0 Å². The molecule has 0 bridgehead atoms. The highest BCUT2D eigenvalue weighted by Gasteiger charge is 2.33. The Morgan fingerprint density at radius 1 is 1.20 bits per heavy atom. The van der Waals surface area contributed by atoms with Crippen LogP contribution >= 0.6 is 0 Å². The first-order chi connectivity index (χ1) is 14.2. The van der Waals surface area contributed by atoms with E-state index in [1.54, 1.807) is 0 Å². The molecule has 1 unspecified atom stereocenters. The van der Waals surface area contributed by atoms with Gasteiger partial charge in [-0.1, -0.05) is 30.3 Å². The number of alkyl halides is 3. The fraction of sp³-hybridized carbons (Fsp3) is 0.364. The molecule has 1 aliphatic rings. The van der Waals surface area contributed by atoms with Crippen molar-refractivity contribution >= 4 is 0 Å². The Hall–Kier alpha value is -2.87. The zero-order chi connectivity index (χ0) is 21.5. The zero-order valence-corrected chi connectivity index (χ0v) is 16.8. The lowest BCUT2D eigenvalue weighted by molar-refractivity contribution is -0.137. The molecule has 0 spiro atoms. The van der Waals surface area contributed by atoms with Crippen LogP contribution in [-0.4, -0.2) is 37.9 Å². The summed E-state index contributed by atoms with van der Waals surface area (Å²) < 4.78 is 40.7. The van der Waals surface area contributed by atoms with Gasteiger partial charge in [-0.25, -0.2) is 4.98 Å². The minimum absolute atomic E-state index is 0.0246. The maximum absolute atomic E-state index is 13.2. The van der Waals surface area contributed by atoms with E-state index in [0.717, 1.165) is 29.8 Å². The lowest BCUT2D eigenvalue weighted by atomic mass is 9.92. The van der Waals surface area contributed by atoms with Gasteiger partial charge in [0.2, 0.25) is 5.88 Å². The van der Waals surface area contributed by atoms with Crippen molar-refractivity contribution < 1.29 is 18.3 Å². The van der Waals surface area contributed by atoms with E-state index in [9.17, 15) is 18.3 Å². The lowest BCUT2D eigenvalue weighted by Crippen LogP contribution is -2.35. The Labute approximate surface area is 172 Å². The molecule has 2 aromatic heterocycles. The predicted molar refractivity (Wildman–Crippen MR) is 106 cm³/mol. The number of aromatic nitrogens is 3. The molecule has 158 valence electrons. The molecule has 0 saturated carbocycles. The van der Waals surface area contributed by atoms with Gasteiger partial charge >= 0.3 is 6.18 Å². The predicted octanol–water partition coefficient (Wildman–Crippen LogP) is 4.29. The van der Waals surface area contributed by atoms with Crippen molar-refractivity contribution in [1.29, 1.82) is 0 Å². The molecule has 0 amide bonds. The van der Waals surface area contributed by atoms with E-state index in [0.29, 0.717) is 24.1 Å². The molecular weight excluding hydrogens is 393 g/mol. The third-order valence-electron chi connectivity index (χ3n) is 5.58. The molecule has 2 heterocycles. The van der Waals surface area contributed by atoms with Crippen LogP contribution in [0.4, 0.5) is 13.2 Å². The van der Waals surface area contributed by atoms with E-state index in [4.69, 9.17) is 0 Å². The summed E-state index contributed by atoms with van der Waals surface area (Å²) in [6, 6.07) is 12.2. The van der Waals surface area contributed by atoms with Crippen LogP contribution in [0, 0.1) is 6.92 Å². The van der Waals surface area contributed by atoms with Crippen LogP contribution in [0.2, 0.25) is 0 Å². The standard InChI is InChI=1S/C22H23F3N4O/c1-14-10-16(22(23,24)25)11-20(26-14)29-21(30)18-12-17(8-9-19(18)27-29)28(2)13-15-6-4-3-5-7-15/h3-7,10-11,17,30H,8-9,12-13H2,1-2H3. The second kappa shape index (κ2) is 7.75. The molecule has 1 aliphatic carbocycles. The number of fused-ring (bicyclic) bond motifs is 1. The number of halogens is 3. The average molecular weight is 416 g/mol. The number of rotatable bonds is 4. The second-order valence-corrected chi connectivity index (χ2v) is 7.81. The van der Waals surface area contributed by atoms with Crippen LogP contribution in [0.5, 0.6) is 5.88 Å². The SMILES string of the molecule is Cc1cc(C(F)(F)F)cc(-n2nc3c(c2O)CC(N(C)Cc2ccccc2)CC3)n1. The summed E-state index contributed by atoms with van der Waals surface area (Å²) in [6.45, 7) is 2.28. The van der Waals surface area contributed by atoms with E-state index in [1.165, 1.54) is 12.5 Å². The monoisotopic (exact) mass is 416 g/mol. The number of pyridine rings is 1. The summed E-state index contributed by atoms with van der Waals surface area (Å²) in [7, 11) is 2.04. The van der Waals surface area contributed by atoms with Crippen molar-refractivity contribution in [3.8, 4) is 11.7 Å². The van der Waals surface area contributed by atoms with Crippen LogP contribution in [0.25, 0.3) is 5.82 Å². The van der Waals surface area contributed by atoms with Crippen molar-refractivity contribution in [2.75, 3.05) is 7.05 Å². The summed E-state index contributed by atoms with van der Waals surface area (Å²) in [4.78, 5) is 6.40. The Balaban J connectivity index is 1.60. The first-order valence-electron chi connectivity index (χ1n) is 9.82. The summed E-state index contributed by atoms with van der Waals surface area (Å²) in [5.74, 6) is -0.155. The Bertz CT molecular complexity index is 1050. The van der Waals surface area contributed by atoms with Gasteiger partial charge in [0.1, 0.15) is 0 Å². The van der Waals surface area contributed by atoms with Crippen LogP contribution < -0.4 is 0 Å². The van der Waals surface area contributed by atoms with E-state index in [-0.39, 0.29) is 23.4 Å². The van der Waals surface area contributed by atoms with Gasteiger partial charge in [0.05, 0.1) is 11.3 Å². The van der Waals surface area contributed by atoms with E-state index >= 15 is 0 Å². The number of hydrogen-bond donors (Lipinski definition) is 1. The third-order valence-corrected chi connectivity index (χ3v) is 5.58. The van der Waals surface area contributed by atoms with Gasteiger partial charge < -0.3 is 5.11 Å². The molecule has 1 aromatic carbocycles. The van der Waals surface area contributed by atoms with E-state index < -0.39 is 11.7 Å². The van der Waals surface area contributed by atoms with Crippen molar-refractivity contribution in [1.82, 2.24) is 19.7 Å². The number of aryl methyl sites for hydroxylation is 2. The van der Waals surface area contributed by atoms with Crippen molar-refractivity contribution in [3.63, 3.8) is 0 Å². The van der Waals surface area contributed by atoms with Gasteiger partial charge in [-0.15, -0.1) is 0 Å². The fourth-order valence-electron chi connectivity index (χ4n) is 4.00. The maximum atomic E-state index is 13.2. The van der Waals surface area contributed by atoms with E-state index in [1.807, 2.05) is 25.2 Å². The quantitative estimate of drug-likeness (QED) is 0.690. The van der Waals surface area contributed by atoms with Gasteiger partial charge in [0, 0.05) is 23.8 Å². The molecule has 5 nitrogen and oxygen atoms in total. The summed E-state index contributed by atoms with van der Waals surface area (Å²) in [6.07, 6.45) is -2.39. The van der Waals surface area contributed by atoms with Crippen LogP contribution in [0.1, 0.15) is 34.5 Å². The Kier molecular flexibility index (Phi) is 5.27. The highest BCUT2D eigenvalue weighted by atomic mass is 19.4. The van der Waals surface area contributed by atoms with E-state index in [2.05, 4.69) is 27.1 Å². The van der Waals surface area contributed by atoms with Crippen LogP contribution in [0.3, 0.4) is 0 Å². The molecule has 3 aromatic rings. The number of aromatic hydroxyl groups is 1. The maximum Gasteiger partial charge on any atom is 0.416 e. The summed E-state index contributed by atoms with van der Waals surface area (Å²) in [5, 5.41) is 15.1. The molecule has 0 aliphatic heterocycles. The normalized spacial score (nSPS) is 16.7. The molecule has 0 fully saturated rings. The number of benzene rings is 1. The highest BCUT2D eigenvalue weighted by molar-refractivity contribution is 5.41. The number of nitrogens with zero attached hydrogens (tertiary/aromatic N) is 4. The molecule has 1 atom stereocenters. The largest absolute Gasteiger partial charge is 0.493 e. The molecule has 4 rings (SSSR count). The van der Waals surface area contributed by atoms with Crippen molar-refractivity contribution in [2.45, 2.75) is 44.9 Å². The highest BCUT2D eigenvalue weighted by Crippen LogP contribution is 2.34. The molecule has 0 saturated heterocycles. The minimum Gasteiger partial charge on any atom is -0.493 e. The third kappa shape index (κ3) is 4.05. The minimum atomic E-state index is -4.49. The number of likely N-dealkylation sites (N-methyl/N-ethyl adjacent to an activating group) is 1. The first kappa shape index (κ1) is 20.4. The molecular formula is C22H23F3N4O. The van der Waals surface area contributed by atoms with Gasteiger partial charge in [0.25, 0.3) is 0 Å². The smallest absolute Gasteiger partial charge is 0.416 e. The fourth-order valence-corrected chi connectivity index (χ4v) is 4.00.